The Morgan fingerprint density at radius 3 is 1.24 bits per heavy atom. The lowest BCUT2D eigenvalue weighted by Crippen LogP contribution is -2.00. The Labute approximate surface area is 207 Å². The van der Waals surface area contributed by atoms with Crippen molar-refractivity contribution in [1.82, 2.24) is 0 Å². The lowest BCUT2D eigenvalue weighted by molar-refractivity contribution is -0.119. The lowest BCUT2D eigenvalue weighted by Gasteiger charge is -2.04. The van der Waals surface area contributed by atoms with Crippen LogP contribution < -0.4 is 0 Å². The molecule has 0 radical (unpaired) electrons. The number of hydrogen-bond donors (Lipinski definition) is 0. The molecule has 0 heterocycles. The summed E-state index contributed by atoms with van der Waals surface area (Å²) in [4.78, 5) is 12.0. The second-order valence-electron chi connectivity index (χ2n) is 10.3. The maximum absolute atomic E-state index is 12.0. The van der Waals surface area contributed by atoms with Crippen LogP contribution in [0.25, 0.3) is 0 Å². The summed E-state index contributed by atoms with van der Waals surface area (Å²) in [5.41, 5.74) is 1.28. The average Bonchev–Trinajstić information content (AvgIpc) is 2.84. The fraction of sp³-hybridized carbons (Fsp3) is 0.781. The predicted molar refractivity (Wildman–Crippen MR) is 147 cm³/mol. The Morgan fingerprint density at radius 2 is 0.848 bits per heavy atom. The van der Waals surface area contributed by atoms with Crippen LogP contribution in [0.15, 0.2) is 30.3 Å². The van der Waals surface area contributed by atoms with E-state index >= 15 is 0 Å². The third-order valence-electron chi connectivity index (χ3n) is 7.09. The van der Waals surface area contributed by atoms with Gasteiger partial charge >= 0.3 is 0 Å². The smallest absolute Gasteiger partial charge is 0.133 e. The van der Waals surface area contributed by atoms with Crippen LogP contribution in [-0.2, 0) is 11.2 Å². The van der Waals surface area contributed by atoms with Crippen LogP contribution in [0.5, 0.6) is 0 Å². The van der Waals surface area contributed by atoms with Gasteiger partial charge in [-0.25, -0.2) is 0 Å². The van der Waals surface area contributed by atoms with Crippen molar-refractivity contribution in [1.29, 1.82) is 0 Å². The van der Waals surface area contributed by atoms with E-state index in [1.54, 1.807) is 0 Å². The summed E-state index contributed by atoms with van der Waals surface area (Å²) in [6.45, 7) is 2.30. The maximum Gasteiger partial charge on any atom is 0.133 e. The third kappa shape index (κ3) is 21.2. The maximum atomic E-state index is 12.0. The number of ketones is 1. The molecular formula is C32H56O. The van der Waals surface area contributed by atoms with Gasteiger partial charge in [-0.05, 0) is 18.4 Å². The van der Waals surface area contributed by atoms with Gasteiger partial charge in [0.25, 0.3) is 0 Å². The zero-order valence-electron chi connectivity index (χ0n) is 22.3. The highest BCUT2D eigenvalue weighted by Gasteiger charge is 2.03. The molecule has 0 aliphatic rings. The number of aryl methyl sites for hydroxylation is 1. The van der Waals surface area contributed by atoms with E-state index in [4.69, 9.17) is 0 Å². The van der Waals surface area contributed by atoms with Gasteiger partial charge in [0, 0.05) is 12.8 Å². The summed E-state index contributed by atoms with van der Waals surface area (Å²) in [6.07, 6.45) is 31.9. The first kappa shape index (κ1) is 29.9. The predicted octanol–water partition coefficient (Wildman–Crippen LogP) is 10.8. The van der Waals surface area contributed by atoms with E-state index < -0.39 is 0 Å². The van der Waals surface area contributed by atoms with E-state index in [1.807, 2.05) is 6.07 Å². The molecule has 1 rings (SSSR count). The molecule has 0 fully saturated rings. The van der Waals surface area contributed by atoms with Crippen LogP contribution in [0, 0.1) is 0 Å². The molecule has 0 saturated heterocycles. The van der Waals surface area contributed by atoms with Crippen molar-refractivity contribution < 1.29 is 4.79 Å². The summed E-state index contributed by atoms with van der Waals surface area (Å²) in [5.74, 6) is 0.441. The van der Waals surface area contributed by atoms with Gasteiger partial charge in [-0.3, -0.25) is 4.79 Å². The van der Waals surface area contributed by atoms with Crippen molar-refractivity contribution in [3.63, 3.8) is 0 Å². The number of rotatable bonds is 25. The van der Waals surface area contributed by atoms with Gasteiger partial charge in [0.1, 0.15) is 5.78 Å². The van der Waals surface area contributed by atoms with E-state index in [0.29, 0.717) is 12.2 Å². The Balaban J connectivity index is 1.70. The first-order valence-electron chi connectivity index (χ1n) is 14.9. The summed E-state index contributed by atoms with van der Waals surface area (Å²) >= 11 is 0. The Hall–Kier alpha value is -1.11. The van der Waals surface area contributed by atoms with E-state index in [9.17, 15) is 4.79 Å². The number of carbonyl (C=O) groups excluding carboxylic acids is 1. The quantitative estimate of drug-likeness (QED) is 0.134. The van der Waals surface area contributed by atoms with Gasteiger partial charge in [0.05, 0.1) is 0 Å². The van der Waals surface area contributed by atoms with Crippen molar-refractivity contribution in [2.24, 2.45) is 0 Å². The fourth-order valence-electron chi connectivity index (χ4n) is 4.81. The van der Waals surface area contributed by atoms with Crippen molar-refractivity contribution in [3.8, 4) is 0 Å². The van der Waals surface area contributed by atoms with Crippen molar-refractivity contribution >= 4 is 5.78 Å². The fourth-order valence-corrected chi connectivity index (χ4v) is 4.81. The first-order valence-corrected chi connectivity index (χ1v) is 14.9. The van der Waals surface area contributed by atoms with Gasteiger partial charge in [0.2, 0.25) is 0 Å². The van der Waals surface area contributed by atoms with Gasteiger partial charge in [-0.1, -0.05) is 166 Å². The monoisotopic (exact) mass is 456 g/mol. The summed E-state index contributed by atoms with van der Waals surface area (Å²) in [6, 6.07) is 10.4. The largest absolute Gasteiger partial charge is 0.300 e. The molecule has 1 heteroatoms. The molecule has 1 aromatic rings. The Kier molecular flexibility index (Phi) is 21.8. The molecule has 0 aliphatic heterocycles. The summed E-state index contributed by atoms with van der Waals surface area (Å²) in [7, 11) is 0. The highest BCUT2D eigenvalue weighted by atomic mass is 16.1. The zero-order valence-corrected chi connectivity index (χ0v) is 22.3. The van der Waals surface area contributed by atoms with Crippen LogP contribution in [0.3, 0.4) is 0 Å². The molecule has 1 nitrogen and oxygen atoms in total. The highest BCUT2D eigenvalue weighted by molar-refractivity contribution is 5.78. The molecule has 0 aromatic heterocycles. The Morgan fingerprint density at radius 1 is 0.485 bits per heavy atom. The Bertz CT molecular complexity index is 521. The number of unbranched alkanes of at least 4 members (excludes halogenated alkanes) is 20. The van der Waals surface area contributed by atoms with Gasteiger partial charge in [0.15, 0.2) is 0 Å². The van der Waals surface area contributed by atoms with Crippen LogP contribution in [0.2, 0.25) is 0 Å². The molecule has 0 unspecified atom stereocenters. The van der Waals surface area contributed by atoms with Crippen LogP contribution in [-0.4, -0.2) is 5.78 Å². The first-order chi connectivity index (χ1) is 16.3. The average molecular weight is 457 g/mol. The van der Waals surface area contributed by atoms with E-state index in [1.165, 1.54) is 134 Å². The number of benzene rings is 1. The molecule has 0 amide bonds. The van der Waals surface area contributed by atoms with E-state index in [-0.39, 0.29) is 0 Å². The van der Waals surface area contributed by atoms with Crippen molar-refractivity contribution in [2.45, 2.75) is 161 Å². The molecule has 0 aliphatic carbocycles. The molecular weight excluding hydrogens is 400 g/mol. The standard InChI is InChI=1S/C32H56O/c1-2-3-4-5-6-7-8-9-10-11-12-13-14-15-16-17-18-19-20-21-25-28-32(33)30-29-31-26-23-22-24-27-31/h22-24,26-27H,2-21,25,28-30H2,1H3. The van der Waals surface area contributed by atoms with E-state index in [2.05, 4.69) is 31.2 Å². The van der Waals surface area contributed by atoms with Gasteiger partial charge < -0.3 is 0 Å². The van der Waals surface area contributed by atoms with Crippen LogP contribution in [0.1, 0.15) is 160 Å². The molecule has 0 N–H and O–H groups in total. The summed E-state index contributed by atoms with van der Waals surface area (Å²) in [5, 5.41) is 0. The zero-order chi connectivity index (χ0) is 23.7. The molecule has 190 valence electrons. The third-order valence-corrected chi connectivity index (χ3v) is 7.09. The highest BCUT2D eigenvalue weighted by Crippen LogP contribution is 2.15. The molecule has 0 bridgehead atoms. The topological polar surface area (TPSA) is 17.1 Å². The molecule has 33 heavy (non-hydrogen) atoms. The van der Waals surface area contributed by atoms with Gasteiger partial charge in [-0.2, -0.15) is 0 Å². The number of hydrogen-bond acceptors (Lipinski definition) is 1. The number of Topliss-reactive ketones (excluding diaryl/α,β-unsaturated/α-hetero) is 1. The normalized spacial score (nSPS) is 11.2. The molecule has 0 atom stereocenters. The van der Waals surface area contributed by atoms with Crippen molar-refractivity contribution in [3.05, 3.63) is 35.9 Å². The second kappa shape index (κ2) is 24.0. The minimum Gasteiger partial charge on any atom is -0.300 e. The summed E-state index contributed by atoms with van der Waals surface area (Å²) < 4.78 is 0. The van der Waals surface area contributed by atoms with E-state index in [0.717, 1.165) is 19.3 Å². The SMILES string of the molecule is CCCCCCCCCCCCCCCCCCCCCCCC(=O)CCc1ccccc1. The molecule has 1 aromatic carbocycles. The van der Waals surface area contributed by atoms with Crippen LogP contribution in [0.4, 0.5) is 0 Å². The second-order valence-corrected chi connectivity index (χ2v) is 10.3. The molecule has 0 spiro atoms. The molecule has 0 saturated carbocycles. The van der Waals surface area contributed by atoms with Crippen molar-refractivity contribution in [2.75, 3.05) is 0 Å². The minimum absolute atomic E-state index is 0.441. The minimum atomic E-state index is 0.441. The number of carbonyl (C=O) groups is 1. The van der Waals surface area contributed by atoms with Crippen LogP contribution >= 0.6 is 0 Å². The lowest BCUT2D eigenvalue weighted by atomic mass is 10.0. The van der Waals surface area contributed by atoms with Gasteiger partial charge in [-0.15, -0.1) is 0 Å².